The van der Waals surface area contributed by atoms with E-state index in [9.17, 15) is 0 Å². The van der Waals surface area contributed by atoms with E-state index in [0.717, 1.165) is 33.5 Å². The van der Waals surface area contributed by atoms with E-state index in [1.165, 1.54) is 0 Å². The molecule has 118 valence electrons. The third kappa shape index (κ3) is 2.22. The number of anilines is 2. The molecule has 0 atom stereocenters. The summed E-state index contributed by atoms with van der Waals surface area (Å²) in [6.07, 6.45) is 1.69. The standard InChI is InChI=1S/C19H17N5/c1-13(2)14-9-10-16-17(11-14)24-12-20-22-19(24)21-18(16)23(3)15-7-5-4-6-8-15/h4-12H,1H2,2-3H3. The first-order valence-electron chi connectivity index (χ1n) is 7.73. The molecule has 0 aliphatic carbocycles. The summed E-state index contributed by atoms with van der Waals surface area (Å²) in [6, 6.07) is 16.4. The Hall–Kier alpha value is -3.21. The molecule has 0 aliphatic rings. The molecular formula is C19H17N5. The molecule has 0 saturated carbocycles. The van der Waals surface area contributed by atoms with Crippen molar-refractivity contribution in [1.82, 2.24) is 19.6 Å². The molecule has 0 fully saturated rings. The van der Waals surface area contributed by atoms with Gasteiger partial charge in [0.05, 0.1) is 5.52 Å². The Morgan fingerprint density at radius 2 is 1.92 bits per heavy atom. The highest BCUT2D eigenvalue weighted by Crippen LogP contribution is 2.31. The zero-order valence-corrected chi connectivity index (χ0v) is 13.6. The van der Waals surface area contributed by atoms with Crippen LogP contribution in [0.15, 0.2) is 61.4 Å². The van der Waals surface area contributed by atoms with E-state index in [2.05, 4.69) is 52.0 Å². The lowest BCUT2D eigenvalue weighted by molar-refractivity contribution is 1.08. The van der Waals surface area contributed by atoms with E-state index in [1.54, 1.807) is 6.33 Å². The molecule has 5 heteroatoms. The van der Waals surface area contributed by atoms with Crippen LogP contribution >= 0.6 is 0 Å². The lowest BCUT2D eigenvalue weighted by atomic mass is 10.1. The number of rotatable bonds is 3. The second-order valence-electron chi connectivity index (χ2n) is 5.84. The molecule has 4 aromatic rings. The summed E-state index contributed by atoms with van der Waals surface area (Å²) in [6.45, 7) is 6.04. The average molecular weight is 315 g/mol. The highest BCUT2D eigenvalue weighted by atomic mass is 15.3. The van der Waals surface area contributed by atoms with Crippen molar-refractivity contribution in [3.8, 4) is 0 Å². The van der Waals surface area contributed by atoms with Gasteiger partial charge in [-0.1, -0.05) is 36.4 Å². The van der Waals surface area contributed by atoms with Crippen LogP contribution in [0.2, 0.25) is 0 Å². The summed E-state index contributed by atoms with van der Waals surface area (Å²) in [5, 5.41) is 9.18. The number of allylic oxidation sites excluding steroid dienone is 1. The maximum atomic E-state index is 4.71. The second-order valence-corrected chi connectivity index (χ2v) is 5.84. The Balaban J connectivity index is 2.02. The van der Waals surface area contributed by atoms with Crippen molar-refractivity contribution in [1.29, 1.82) is 0 Å². The van der Waals surface area contributed by atoms with Crippen molar-refractivity contribution in [2.24, 2.45) is 0 Å². The van der Waals surface area contributed by atoms with Gasteiger partial charge in [-0.3, -0.25) is 4.40 Å². The Labute approximate surface area is 139 Å². The minimum atomic E-state index is 0.583. The monoisotopic (exact) mass is 315 g/mol. The zero-order chi connectivity index (χ0) is 16.7. The van der Waals surface area contributed by atoms with Crippen molar-refractivity contribution < 1.29 is 0 Å². The van der Waals surface area contributed by atoms with E-state index < -0.39 is 0 Å². The predicted octanol–water partition coefficient (Wildman–Crippen LogP) is 4.08. The molecule has 5 nitrogen and oxygen atoms in total. The number of fused-ring (bicyclic) bond motifs is 3. The highest BCUT2D eigenvalue weighted by molar-refractivity contribution is 5.94. The topological polar surface area (TPSA) is 46.3 Å². The molecule has 0 aliphatic heterocycles. The summed E-state index contributed by atoms with van der Waals surface area (Å²) in [4.78, 5) is 6.77. The van der Waals surface area contributed by atoms with Gasteiger partial charge in [-0.2, -0.15) is 4.98 Å². The molecule has 0 spiro atoms. The molecular weight excluding hydrogens is 298 g/mol. The van der Waals surface area contributed by atoms with Gasteiger partial charge in [0, 0.05) is 18.1 Å². The number of benzene rings is 2. The largest absolute Gasteiger partial charge is 0.329 e. The number of para-hydroxylation sites is 1. The molecule has 24 heavy (non-hydrogen) atoms. The second kappa shape index (κ2) is 5.45. The van der Waals surface area contributed by atoms with Crippen LogP contribution in [0.25, 0.3) is 22.3 Å². The SMILES string of the molecule is C=C(C)c1ccc2c(N(C)c3ccccc3)nc3nncn3c2c1. The van der Waals surface area contributed by atoms with Crippen LogP contribution in [0.3, 0.4) is 0 Å². The van der Waals surface area contributed by atoms with Crippen molar-refractivity contribution in [2.75, 3.05) is 11.9 Å². The first-order valence-corrected chi connectivity index (χ1v) is 7.73. The fourth-order valence-electron chi connectivity index (χ4n) is 2.85. The van der Waals surface area contributed by atoms with Gasteiger partial charge < -0.3 is 4.90 Å². The third-order valence-corrected chi connectivity index (χ3v) is 4.19. The predicted molar refractivity (Wildman–Crippen MR) is 97.5 cm³/mol. The van der Waals surface area contributed by atoms with Crippen LogP contribution in [0.1, 0.15) is 12.5 Å². The summed E-state index contributed by atoms with van der Waals surface area (Å²) in [7, 11) is 2.01. The average Bonchev–Trinajstić information content (AvgIpc) is 3.09. The number of hydrogen-bond donors (Lipinski definition) is 0. The summed E-state index contributed by atoms with van der Waals surface area (Å²) >= 11 is 0. The molecule has 0 radical (unpaired) electrons. The number of aromatic nitrogens is 4. The van der Waals surface area contributed by atoms with E-state index in [0.29, 0.717) is 5.78 Å². The summed E-state index contributed by atoms with van der Waals surface area (Å²) in [5.41, 5.74) is 4.20. The first kappa shape index (κ1) is 14.4. The molecule has 0 unspecified atom stereocenters. The van der Waals surface area contributed by atoms with E-state index in [4.69, 9.17) is 4.98 Å². The Kier molecular flexibility index (Phi) is 3.27. The van der Waals surface area contributed by atoms with Gasteiger partial charge in [0.2, 0.25) is 0 Å². The van der Waals surface area contributed by atoms with E-state index >= 15 is 0 Å². The quantitative estimate of drug-likeness (QED) is 0.571. The number of nitrogens with zero attached hydrogens (tertiary/aromatic N) is 5. The molecule has 2 aromatic heterocycles. The minimum absolute atomic E-state index is 0.583. The third-order valence-electron chi connectivity index (χ3n) is 4.19. The van der Waals surface area contributed by atoms with Gasteiger partial charge in [0.15, 0.2) is 0 Å². The Morgan fingerprint density at radius 1 is 1.12 bits per heavy atom. The van der Waals surface area contributed by atoms with Gasteiger partial charge in [0.1, 0.15) is 12.1 Å². The zero-order valence-electron chi connectivity index (χ0n) is 13.6. The lowest BCUT2D eigenvalue weighted by Crippen LogP contribution is -2.12. The Morgan fingerprint density at radius 3 is 2.67 bits per heavy atom. The van der Waals surface area contributed by atoms with Crippen molar-refractivity contribution in [3.05, 3.63) is 67.0 Å². The van der Waals surface area contributed by atoms with Crippen LogP contribution in [-0.4, -0.2) is 26.6 Å². The molecule has 0 N–H and O–H groups in total. The summed E-state index contributed by atoms with van der Waals surface area (Å²) < 4.78 is 1.91. The van der Waals surface area contributed by atoms with Crippen LogP contribution in [-0.2, 0) is 0 Å². The van der Waals surface area contributed by atoms with Gasteiger partial charge in [-0.05, 0) is 36.8 Å². The maximum absolute atomic E-state index is 4.71. The van der Waals surface area contributed by atoms with Gasteiger partial charge in [-0.15, -0.1) is 10.2 Å². The Bertz CT molecular complexity index is 1050. The highest BCUT2D eigenvalue weighted by Gasteiger charge is 2.14. The minimum Gasteiger partial charge on any atom is -0.329 e. The fraction of sp³-hybridized carbons (Fsp3) is 0.105. The van der Waals surface area contributed by atoms with Crippen LogP contribution in [0, 0.1) is 0 Å². The van der Waals surface area contributed by atoms with Crippen molar-refractivity contribution in [3.63, 3.8) is 0 Å². The maximum Gasteiger partial charge on any atom is 0.257 e. The summed E-state index contributed by atoms with van der Waals surface area (Å²) in [5.74, 6) is 1.43. The molecule has 0 saturated heterocycles. The van der Waals surface area contributed by atoms with Crippen molar-refractivity contribution in [2.45, 2.75) is 6.92 Å². The van der Waals surface area contributed by atoms with Gasteiger partial charge >= 0.3 is 0 Å². The van der Waals surface area contributed by atoms with Crippen LogP contribution in [0.4, 0.5) is 11.5 Å². The van der Waals surface area contributed by atoms with Crippen LogP contribution in [0.5, 0.6) is 0 Å². The number of hydrogen-bond acceptors (Lipinski definition) is 4. The fourth-order valence-corrected chi connectivity index (χ4v) is 2.85. The smallest absolute Gasteiger partial charge is 0.257 e. The van der Waals surface area contributed by atoms with E-state index in [1.807, 2.05) is 36.6 Å². The van der Waals surface area contributed by atoms with E-state index in [-0.39, 0.29) is 0 Å². The van der Waals surface area contributed by atoms with Gasteiger partial charge in [0.25, 0.3) is 5.78 Å². The first-order chi connectivity index (χ1) is 11.6. The molecule has 2 aromatic carbocycles. The van der Waals surface area contributed by atoms with Crippen LogP contribution < -0.4 is 4.90 Å². The molecule has 0 amide bonds. The van der Waals surface area contributed by atoms with Crippen molar-refractivity contribution >= 4 is 33.8 Å². The normalized spacial score (nSPS) is 11.1. The lowest BCUT2D eigenvalue weighted by Gasteiger charge is -2.20. The molecule has 4 rings (SSSR count). The molecule has 0 bridgehead atoms. The molecule has 2 heterocycles. The van der Waals surface area contributed by atoms with Gasteiger partial charge in [-0.25, -0.2) is 0 Å².